The van der Waals surface area contributed by atoms with Crippen LogP contribution in [0.15, 0.2) is 47.0 Å². The van der Waals surface area contributed by atoms with E-state index in [-0.39, 0.29) is 23.6 Å². The van der Waals surface area contributed by atoms with Crippen molar-refractivity contribution < 1.29 is 27.2 Å². The molecule has 2 heterocycles. The first kappa shape index (κ1) is 18.6. The zero-order valence-corrected chi connectivity index (χ0v) is 14.5. The number of nitrogens with zero attached hydrogens (tertiary/aromatic N) is 2. The molecule has 0 aliphatic rings. The molecule has 0 fully saturated rings. The molecule has 8 heteroatoms. The summed E-state index contributed by atoms with van der Waals surface area (Å²) in [5.74, 6) is -0.471. The Labute approximate surface area is 152 Å². The fraction of sp³-hybridized carbons (Fsp3) is 0.211. The molecule has 0 saturated heterocycles. The van der Waals surface area contributed by atoms with Crippen LogP contribution in [-0.4, -0.2) is 16.1 Å². The van der Waals surface area contributed by atoms with Crippen LogP contribution in [0.25, 0.3) is 11.3 Å². The van der Waals surface area contributed by atoms with E-state index in [2.05, 4.69) is 10.1 Å². The first-order valence-electron chi connectivity index (χ1n) is 7.99. The Morgan fingerprint density at radius 2 is 1.89 bits per heavy atom. The van der Waals surface area contributed by atoms with Gasteiger partial charge < -0.3 is 9.26 Å². The maximum Gasteiger partial charge on any atom is 0.417 e. The van der Waals surface area contributed by atoms with Gasteiger partial charge in [-0.3, -0.25) is 4.98 Å². The molecule has 0 saturated carbocycles. The van der Waals surface area contributed by atoms with Gasteiger partial charge in [-0.05, 0) is 32.0 Å². The molecule has 0 aliphatic heterocycles. The largest absolute Gasteiger partial charge is 0.454 e. The monoisotopic (exact) mass is 376 g/mol. The second-order valence-corrected chi connectivity index (χ2v) is 5.88. The van der Waals surface area contributed by atoms with Crippen molar-refractivity contribution in [2.24, 2.45) is 0 Å². The van der Waals surface area contributed by atoms with Crippen LogP contribution >= 0.6 is 0 Å². The van der Waals surface area contributed by atoms with Gasteiger partial charge in [-0.25, -0.2) is 4.79 Å². The van der Waals surface area contributed by atoms with E-state index in [1.54, 1.807) is 26.0 Å². The number of benzene rings is 1. The minimum absolute atomic E-state index is 0.0159. The summed E-state index contributed by atoms with van der Waals surface area (Å²) in [5.41, 5.74) is 0.697. The number of hydrogen-bond acceptors (Lipinski definition) is 5. The standard InChI is InChI=1S/C19H15F3N2O3/c1-11-7-8-14(12(2)23-11)18(25)26-10-13-9-17(24-27-13)15-5-3-4-6-16(15)19(20,21)22/h3-9H,10H2,1-2H3. The van der Waals surface area contributed by atoms with Crippen LogP contribution in [0.1, 0.15) is 33.1 Å². The fourth-order valence-corrected chi connectivity index (χ4v) is 2.58. The predicted molar refractivity (Wildman–Crippen MR) is 89.8 cm³/mol. The third-order valence-electron chi connectivity index (χ3n) is 3.86. The summed E-state index contributed by atoms with van der Waals surface area (Å²) in [6.07, 6.45) is -4.52. The third kappa shape index (κ3) is 4.16. The Hall–Kier alpha value is -3.16. The molecule has 0 unspecified atom stereocenters. The van der Waals surface area contributed by atoms with Crippen molar-refractivity contribution >= 4 is 5.97 Å². The fourth-order valence-electron chi connectivity index (χ4n) is 2.58. The van der Waals surface area contributed by atoms with Crippen molar-refractivity contribution in [3.8, 4) is 11.3 Å². The summed E-state index contributed by atoms with van der Waals surface area (Å²) in [4.78, 5) is 16.3. The van der Waals surface area contributed by atoms with Crippen LogP contribution in [-0.2, 0) is 17.5 Å². The number of rotatable bonds is 4. The minimum atomic E-state index is -4.52. The molecule has 0 radical (unpaired) electrons. The summed E-state index contributed by atoms with van der Waals surface area (Å²) in [5, 5.41) is 3.66. The third-order valence-corrected chi connectivity index (χ3v) is 3.86. The van der Waals surface area contributed by atoms with Gasteiger partial charge in [0.2, 0.25) is 0 Å². The molecule has 1 aromatic carbocycles. The van der Waals surface area contributed by atoms with E-state index in [0.717, 1.165) is 11.8 Å². The lowest BCUT2D eigenvalue weighted by Crippen LogP contribution is -2.08. The van der Waals surface area contributed by atoms with Gasteiger partial charge >= 0.3 is 12.1 Å². The Bertz CT molecular complexity index is 980. The number of hydrogen-bond donors (Lipinski definition) is 0. The normalized spacial score (nSPS) is 11.4. The van der Waals surface area contributed by atoms with Crippen LogP contribution in [0.3, 0.4) is 0 Å². The summed E-state index contributed by atoms with van der Waals surface area (Å²) in [6, 6.07) is 9.65. The predicted octanol–water partition coefficient (Wildman–Crippen LogP) is 4.73. The first-order chi connectivity index (χ1) is 12.8. The zero-order valence-electron chi connectivity index (χ0n) is 14.5. The summed E-state index contributed by atoms with van der Waals surface area (Å²) < 4.78 is 49.5. The highest BCUT2D eigenvalue weighted by Gasteiger charge is 2.34. The number of pyridine rings is 1. The van der Waals surface area contributed by atoms with Crippen LogP contribution < -0.4 is 0 Å². The topological polar surface area (TPSA) is 65.2 Å². The number of alkyl halides is 3. The molecule has 3 aromatic rings. The Morgan fingerprint density at radius 1 is 1.15 bits per heavy atom. The van der Waals surface area contributed by atoms with E-state index in [0.29, 0.717) is 11.3 Å². The maximum atomic E-state index is 13.1. The van der Waals surface area contributed by atoms with Crippen LogP contribution in [0.4, 0.5) is 13.2 Å². The zero-order chi connectivity index (χ0) is 19.6. The molecule has 5 nitrogen and oxygen atoms in total. The van der Waals surface area contributed by atoms with Gasteiger partial charge in [-0.15, -0.1) is 0 Å². The van der Waals surface area contributed by atoms with E-state index in [1.807, 2.05) is 0 Å². The van der Waals surface area contributed by atoms with E-state index in [1.165, 1.54) is 24.3 Å². The molecule has 0 N–H and O–H groups in total. The molecule has 27 heavy (non-hydrogen) atoms. The SMILES string of the molecule is Cc1ccc(C(=O)OCc2cc(-c3ccccc3C(F)(F)F)no2)c(C)n1. The first-order valence-corrected chi connectivity index (χ1v) is 7.99. The molecular weight excluding hydrogens is 361 g/mol. The minimum Gasteiger partial charge on any atom is -0.454 e. The average molecular weight is 376 g/mol. The number of esters is 1. The van der Waals surface area contributed by atoms with Crippen molar-refractivity contribution in [3.05, 3.63) is 70.7 Å². The Balaban J connectivity index is 1.75. The number of carbonyl (C=O) groups excluding carboxylic acids is 1. The molecule has 0 amide bonds. The van der Waals surface area contributed by atoms with E-state index < -0.39 is 17.7 Å². The summed E-state index contributed by atoms with van der Waals surface area (Å²) in [6.45, 7) is 3.23. The van der Waals surface area contributed by atoms with Gasteiger partial charge in [0.25, 0.3) is 0 Å². The highest BCUT2D eigenvalue weighted by atomic mass is 19.4. The highest BCUT2D eigenvalue weighted by molar-refractivity contribution is 5.90. The number of carbonyl (C=O) groups is 1. The number of aryl methyl sites for hydroxylation is 2. The van der Waals surface area contributed by atoms with Gasteiger partial charge in [0.1, 0.15) is 5.69 Å². The van der Waals surface area contributed by atoms with E-state index in [4.69, 9.17) is 9.26 Å². The maximum absolute atomic E-state index is 13.1. The van der Waals surface area contributed by atoms with Gasteiger partial charge in [-0.2, -0.15) is 13.2 Å². The van der Waals surface area contributed by atoms with Gasteiger partial charge in [-0.1, -0.05) is 23.4 Å². The van der Waals surface area contributed by atoms with E-state index in [9.17, 15) is 18.0 Å². The Kier molecular flexibility index (Phi) is 4.98. The Morgan fingerprint density at radius 3 is 2.59 bits per heavy atom. The number of halogens is 3. The lowest BCUT2D eigenvalue weighted by atomic mass is 10.0. The van der Waals surface area contributed by atoms with Crippen molar-refractivity contribution in [2.75, 3.05) is 0 Å². The molecule has 3 rings (SSSR count). The molecule has 0 atom stereocenters. The van der Waals surface area contributed by atoms with Crippen molar-refractivity contribution in [3.63, 3.8) is 0 Å². The molecule has 2 aromatic heterocycles. The molecule has 0 aliphatic carbocycles. The molecule has 0 bridgehead atoms. The van der Waals surface area contributed by atoms with Gasteiger partial charge in [0, 0.05) is 17.3 Å². The highest BCUT2D eigenvalue weighted by Crippen LogP contribution is 2.36. The molecule has 140 valence electrons. The molecule has 0 spiro atoms. The lowest BCUT2D eigenvalue weighted by Gasteiger charge is -2.10. The van der Waals surface area contributed by atoms with Gasteiger partial charge in [0.05, 0.1) is 16.8 Å². The van der Waals surface area contributed by atoms with Crippen molar-refractivity contribution in [1.82, 2.24) is 10.1 Å². The molecular formula is C19H15F3N2O3. The lowest BCUT2D eigenvalue weighted by molar-refractivity contribution is -0.137. The second kappa shape index (κ2) is 7.22. The van der Waals surface area contributed by atoms with Crippen LogP contribution in [0, 0.1) is 13.8 Å². The number of ether oxygens (including phenoxy) is 1. The average Bonchev–Trinajstić information content (AvgIpc) is 3.08. The smallest absolute Gasteiger partial charge is 0.417 e. The van der Waals surface area contributed by atoms with Gasteiger partial charge in [0.15, 0.2) is 12.4 Å². The van der Waals surface area contributed by atoms with Crippen molar-refractivity contribution in [1.29, 1.82) is 0 Å². The van der Waals surface area contributed by atoms with Crippen molar-refractivity contribution in [2.45, 2.75) is 26.6 Å². The quantitative estimate of drug-likeness (QED) is 0.616. The van der Waals surface area contributed by atoms with Crippen LogP contribution in [0.2, 0.25) is 0 Å². The summed E-state index contributed by atoms with van der Waals surface area (Å²) >= 11 is 0. The van der Waals surface area contributed by atoms with Crippen LogP contribution in [0.5, 0.6) is 0 Å². The second-order valence-electron chi connectivity index (χ2n) is 5.88. The number of aromatic nitrogens is 2. The summed E-state index contributed by atoms with van der Waals surface area (Å²) in [7, 11) is 0. The van der Waals surface area contributed by atoms with E-state index >= 15 is 0 Å².